The Kier molecular flexibility index (Phi) is 4.47. The van der Waals surface area contributed by atoms with Crippen LogP contribution in [0.3, 0.4) is 0 Å². The number of primary amides is 2. The van der Waals surface area contributed by atoms with Crippen LogP contribution in [0.5, 0.6) is 0 Å². The molecule has 25 heavy (non-hydrogen) atoms. The minimum absolute atomic E-state index is 0.0419. The molecule has 3 aromatic rings. The number of aromatic nitrogens is 2. The van der Waals surface area contributed by atoms with Crippen molar-refractivity contribution in [2.45, 2.75) is 0 Å². The number of aromatic amines is 1. The Morgan fingerprint density at radius 2 is 1.92 bits per heavy atom. The highest BCUT2D eigenvalue weighted by atomic mass is 16.1. The van der Waals surface area contributed by atoms with Gasteiger partial charge < -0.3 is 21.8 Å². The Bertz CT molecular complexity index is 957. The molecule has 7 nitrogen and oxygen atoms in total. The van der Waals surface area contributed by atoms with Gasteiger partial charge in [-0.05, 0) is 35.9 Å². The quantitative estimate of drug-likeness (QED) is 0.509. The van der Waals surface area contributed by atoms with E-state index in [0.29, 0.717) is 11.1 Å². The Morgan fingerprint density at radius 1 is 1.16 bits per heavy atom. The number of nitrogens with two attached hydrogens (primary N) is 2. The number of carbonyl (C=O) groups excluding carboxylic acids is 2. The van der Waals surface area contributed by atoms with Crippen molar-refractivity contribution in [2.24, 2.45) is 11.5 Å². The lowest BCUT2D eigenvalue weighted by molar-refractivity contribution is -0.116. The number of amides is 2. The number of nitrogens with zero attached hydrogens (tertiary/aromatic N) is 1. The zero-order valence-electron chi connectivity index (χ0n) is 13.3. The fourth-order valence-electron chi connectivity index (χ4n) is 2.51. The zero-order chi connectivity index (χ0) is 17.8. The number of hydrogen-bond donors (Lipinski definition) is 4. The van der Waals surface area contributed by atoms with E-state index in [1.807, 2.05) is 12.1 Å². The van der Waals surface area contributed by atoms with Gasteiger partial charge in [-0.3, -0.25) is 9.59 Å². The summed E-state index contributed by atoms with van der Waals surface area (Å²) in [7, 11) is 0. The SMILES string of the molecule is NC(=O)CNc1ccc(/C(=C/c2c[nH]c3ncccc23)C(N)=O)cc1. The Balaban J connectivity index is 1.93. The monoisotopic (exact) mass is 335 g/mol. The summed E-state index contributed by atoms with van der Waals surface area (Å²) in [5, 5.41) is 3.79. The van der Waals surface area contributed by atoms with E-state index in [1.54, 1.807) is 42.7 Å². The average Bonchev–Trinajstić information content (AvgIpc) is 3.01. The van der Waals surface area contributed by atoms with Crippen molar-refractivity contribution in [1.29, 1.82) is 0 Å². The average molecular weight is 335 g/mol. The molecule has 0 bridgehead atoms. The Morgan fingerprint density at radius 3 is 2.60 bits per heavy atom. The van der Waals surface area contributed by atoms with Crippen molar-refractivity contribution in [3.8, 4) is 0 Å². The van der Waals surface area contributed by atoms with Crippen molar-refractivity contribution in [3.05, 3.63) is 59.9 Å². The Labute approximate surface area is 143 Å². The molecule has 0 unspecified atom stereocenters. The third kappa shape index (κ3) is 3.66. The van der Waals surface area contributed by atoms with Gasteiger partial charge in [0.15, 0.2) is 0 Å². The summed E-state index contributed by atoms with van der Waals surface area (Å²) >= 11 is 0. The van der Waals surface area contributed by atoms with E-state index in [2.05, 4.69) is 15.3 Å². The van der Waals surface area contributed by atoms with E-state index in [-0.39, 0.29) is 6.54 Å². The summed E-state index contributed by atoms with van der Waals surface area (Å²) in [6.07, 6.45) is 5.21. The van der Waals surface area contributed by atoms with Gasteiger partial charge in [0, 0.05) is 34.6 Å². The van der Waals surface area contributed by atoms with E-state index in [1.165, 1.54) is 0 Å². The summed E-state index contributed by atoms with van der Waals surface area (Å²) in [4.78, 5) is 30.0. The smallest absolute Gasteiger partial charge is 0.249 e. The molecule has 7 heteroatoms. The molecule has 0 aliphatic rings. The number of benzene rings is 1. The van der Waals surface area contributed by atoms with E-state index in [4.69, 9.17) is 11.5 Å². The molecule has 0 aliphatic carbocycles. The summed E-state index contributed by atoms with van der Waals surface area (Å²) in [5.74, 6) is -0.981. The van der Waals surface area contributed by atoms with Crippen LogP contribution >= 0.6 is 0 Å². The third-order valence-corrected chi connectivity index (χ3v) is 3.71. The van der Waals surface area contributed by atoms with Crippen LogP contribution in [-0.2, 0) is 9.59 Å². The van der Waals surface area contributed by atoms with E-state index in [0.717, 1.165) is 22.3 Å². The lowest BCUT2D eigenvalue weighted by atomic mass is 10.0. The van der Waals surface area contributed by atoms with Crippen molar-refractivity contribution in [1.82, 2.24) is 9.97 Å². The number of carbonyl (C=O) groups is 2. The molecule has 0 saturated carbocycles. The van der Waals surface area contributed by atoms with Gasteiger partial charge in [0.1, 0.15) is 5.65 Å². The standard InChI is InChI=1S/C18H17N5O2/c19-16(24)10-22-13-5-3-11(4-6-13)15(17(20)25)8-12-9-23-18-14(12)2-1-7-21-18/h1-9,22H,10H2,(H2,19,24)(H2,20,25)(H,21,23)/b15-8-. The number of pyridine rings is 1. The second kappa shape index (κ2) is 6.88. The van der Waals surface area contributed by atoms with Gasteiger partial charge in [0.05, 0.1) is 6.54 Å². The van der Waals surface area contributed by atoms with Crippen molar-refractivity contribution in [2.75, 3.05) is 11.9 Å². The highest BCUT2D eigenvalue weighted by Crippen LogP contribution is 2.24. The first-order valence-corrected chi connectivity index (χ1v) is 7.61. The maximum absolute atomic E-state index is 11.9. The van der Waals surface area contributed by atoms with Crippen LogP contribution in [-0.4, -0.2) is 28.3 Å². The zero-order valence-corrected chi connectivity index (χ0v) is 13.3. The molecular formula is C18H17N5O2. The molecule has 0 spiro atoms. The molecular weight excluding hydrogens is 318 g/mol. The largest absolute Gasteiger partial charge is 0.376 e. The summed E-state index contributed by atoms with van der Waals surface area (Å²) in [6.45, 7) is 0.0419. The number of fused-ring (bicyclic) bond motifs is 1. The summed E-state index contributed by atoms with van der Waals surface area (Å²) in [5.41, 5.74) is 14.0. The van der Waals surface area contributed by atoms with Crippen LogP contribution in [0, 0.1) is 0 Å². The third-order valence-electron chi connectivity index (χ3n) is 3.71. The highest BCUT2D eigenvalue weighted by molar-refractivity contribution is 6.24. The fourth-order valence-corrected chi connectivity index (χ4v) is 2.51. The minimum Gasteiger partial charge on any atom is -0.376 e. The van der Waals surface area contributed by atoms with Crippen LogP contribution in [0.1, 0.15) is 11.1 Å². The lowest BCUT2D eigenvalue weighted by Crippen LogP contribution is -2.21. The molecule has 2 amide bonds. The first-order chi connectivity index (χ1) is 12.0. The molecule has 0 fully saturated rings. The summed E-state index contributed by atoms with van der Waals surface area (Å²) in [6, 6.07) is 10.8. The van der Waals surface area contributed by atoms with Gasteiger partial charge in [-0.1, -0.05) is 12.1 Å². The fraction of sp³-hybridized carbons (Fsp3) is 0.0556. The van der Waals surface area contributed by atoms with Crippen LogP contribution in [0.2, 0.25) is 0 Å². The molecule has 2 heterocycles. The Hall–Kier alpha value is -3.61. The highest BCUT2D eigenvalue weighted by Gasteiger charge is 2.11. The molecule has 1 aromatic carbocycles. The van der Waals surface area contributed by atoms with Gasteiger partial charge >= 0.3 is 0 Å². The molecule has 6 N–H and O–H groups in total. The topological polar surface area (TPSA) is 127 Å². The van der Waals surface area contributed by atoms with Crippen molar-refractivity contribution < 1.29 is 9.59 Å². The lowest BCUT2D eigenvalue weighted by Gasteiger charge is -2.07. The second-order valence-electron chi connectivity index (χ2n) is 5.46. The first-order valence-electron chi connectivity index (χ1n) is 7.61. The predicted octanol–water partition coefficient (Wildman–Crippen LogP) is 1.49. The van der Waals surface area contributed by atoms with Gasteiger partial charge in [0.2, 0.25) is 11.8 Å². The molecule has 126 valence electrons. The second-order valence-corrected chi connectivity index (χ2v) is 5.46. The maximum Gasteiger partial charge on any atom is 0.249 e. The van der Waals surface area contributed by atoms with Gasteiger partial charge in [0.25, 0.3) is 0 Å². The number of hydrogen-bond acceptors (Lipinski definition) is 4. The number of nitrogens with one attached hydrogen (secondary N) is 2. The normalized spacial score (nSPS) is 11.4. The van der Waals surface area contributed by atoms with Gasteiger partial charge in [-0.15, -0.1) is 0 Å². The van der Waals surface area contributed by atoms with Gasteiger partial charge in [-0.2, -0.15) is 0 Å². The number of rotatable bonds is 6. The first kappa shape index (κ1) is 16.3. The molecule has 0 aliphatic heterocycles. The predicted molar refractivity (Wildman–Crippen MR) is 97.3 cm³/mol. The van der Waals surface area contributed by atoms with Crippen LogP contribution in [0.25, 0.3) is 22.7 Å². The molecule has 2 aromatic heterocycles. The molecule has 0 radical (unpaired) electrons. The van der Waals surface area contributed by atoms with Crippen molar-refractivity contribution in [3.63, 3.8) is 0 Å². The van der Waals surface area contributed by atoms with Crippen molar-refractivity contribution >= 4 is 40.2 Å². The maximum atomic E-state index is 11.9. The van der Waals surface area contributed by atoms with E-state index < -0.39 is 11.8 Å². The van der Waals surface area contributed by atoms with Crippen LogP contribution in [0.4, 0.5) is 5.69 Å². The van der Waals surface area contributed by atoms with Crippen LogP contribution in [0.15, 0.2) is 48.8 Å². The summed E-state index contributed by atoms with van der Waals surface area (Å²) < 4.78 is 0. The van der Waals surface area contributed by atoms with E-state index in [9.17, 15) is 9.59 Å². The minimum atomic E-state index is -0.531. The number of H-pyrrole nitrogens is 1. The van der Waals surface area contributed by atoms with Gasteiger partial charge in [-0.25, -0.2) is 4.98 Å². The van der Waals surface area contributed by atoms with E-state index >= 15 is 0 Å². The molecule has 0 saturated heterocycles. The molecule has 0 atom stereocenters. The van der Waals surface area contributed by atoms with Crippen LogP contribution < -0.4 is 16.8 Å². The molecule has 3 rings (SSSR count). The number of anilines is 1.